The Kier molecular flexibility index (Phi) is 3.86. The number of nitrogens with zero attached hydrogens (tertiary/aromatic N) is 3. The van der Waals surface area contributed by atoms with Gasteiger partial charge in [0.05, 0.1) is 0 Å². The molecule has 1 N–H and O–H groups in total. The van der Waals surface area contributed by atoms with Gasteiger partial charge in [-0.25, -0.2) is 9.97 Å². The highest BCUT2D eigenvalue weighted by atomic mass is 32.2. The lowest BCUT2D eigenvalue weighted by Crippen LogP contribution is -2.32. The second kappa shape index (κ2) is 5.97. The Morgan fingerprint density at radius 2 is 2.38 bits per heavy atom. The second-order valence-corrected chi connectivity index (χ2v) is 7.35. The van der Waals surface area contributed by atoms with E-state index in [0.29, 0.717) is 11.8 Å². The number of hydrogen-bond donors (Lipinski definition) is 1. The van der Waals surface area contributed by atoms with Crippen molar-refractivity contribution in [1.29, 1.82) is 0 Å². The molecule has 0 spiro atoms. The molecule has 112 valence electrons. The zero-order valence-electron chi connectivity index (χ0n) is 12.3. The maximum atomic E-state index is 4.93. The summed E-state index contributed by atoms with van der Waals surface area (Å²) in [6.45, 7) is 3.37. The van der Waals surface area contributed by atoms with Crippen molar-refractivity contribution in [2.75, 3.05) is 24.6 Å². The van der Waals surface area contributed by atoms with Crippen molar-refractivity contribution in [3.63, 3.8) is 0 Å². The minimum absolute atomic E-state index is 0.612. The fourth-order valence-electron chi connectivity index (χ4n) is 3.54. The minimum atomic E-state index is 0.612. The second-order valence-electron chi connectivity index (χ2n) is 6.20. The smallest absolute Gasteiger partial charge is 0.160 e. The first-order chi connectivity index (χ1) is 10.4. The third kappa shape index (κ3) is 2.69. The molecule has 4 rings (SSSR count). The molecule has 2 saturated heterocycles. The molecule has 2 atom stereocenters. The maximum absolute atomic E-state index is 4.93. The van der Waals surface area contributed by atoms with Gasteiger partial charge in [0.15, 0.2) is 5.65 Å². The van der Waals surface area contributed by atoms with Crippen LogP contribution in [-0.2, 0) is 6.54 Å². The average molecular weight is 302 g/mol. The summed E-state index contributed by atoms with van der Waals surface area (Å²) < 4.78 is 2.42. The van der Waals surface area contributed by atoms with Crippen LogP contribution in [0.3, 0.4) is 0 Å². The number of imidazole rings is 1. The number of aromatic nitrogens is 3. The van der Waals surface area contributed by atoms with Crippen LogP contribution >= 0.6 is 11.8 Å². The van der Waals surface area contributed by atoms with Crippen molar-refractivity contribution in [3.8, 4) is 0 Å². The summed E-state index contributed by atoms with van der Waals surface area (Å²) in [7, 11) is 0. The highest BCUT2D eigenvalue weighted by Gasteiger charge is 2.26. The van der Waals surface area contributed by atoms with Gasteiger partial charge in [0.25, 0.3) is 0 Å². The van der Waals surface area contributed by atoms with E-state index in [-0.39, 0.29) is 0 Å². The summed E-state index contributed by atoms with van der Waals surface area (Å²) >= 11 is 2.06. The molecule has 2 aliphatic rings. The standard InChI is InChI=1S/C16H22N4S/c1-3-12(9-17-6-1)10-20-15(13-5-8-21-11-13)19-14-4-2-7-18-16(14)20/h2,4,7,12-13,17H,1,3,5-6,8-11H2. The Bertz CT molecular complexity index is 612. The van der Waals surface area contributed by atoms with E-state index in [1.165, 1.54) is 43.1 Å². The first-order valence-corrected chi connectivity index (χ1v) is 9.17. The molecule has 2 aromatic rings. The van der Waals surface area contributed by atoms with Gasteiger partial charge in [-0.2, -0.15) is 11.8 Å². The summed E-state index contributed by atoms with van der Waals surface area (Å²) in [5, 5.41) is 3.53. The lowest BCUT2D eigenvalue weighted by atomic mass is 9.99. The van der Waals surface area contributed by atoms with E-state index in [1.54, 1.807) is 0 Å². The number of thioether (sulfide) groups is 1. The zero-order chi connectivity index (χ0) is 14.1. The van der Waals surface area contributed by atoms with E-state index < -0.39 is 0 Å². The van der Waals surface area contributed by atoms with E-state index in [9.17, 15) is 0 Å². The molecule has 2 fully saturated rings. The quantitative estimate of drug-likeness (QED) is 0.946. The predicted molar refractivity (Wildman–Crippen MR) is 87.8 cm³/mol. The molecule has 2 aliphatic heterocycles. The molecule has 5 heteroatoms. The van der Waals surface area contributed by atoms with Gasteiger partial charge in [-0.1, -0.05) is 0 Å². The Labute approximate surface area is 129 Å². The molecule has 0 saturated carbocycles. The molecule has 21 heavy (non-hydrogen) atoms. The number of fused-ring (bicyclic) bond motifs is 1. The van der Waals surface area contributed by atoms with Crippen LogP contribution in [0, 0.1) is 5.92 Å². The Morgan fingerprint density at radius 1 is 1.38 bits per heavy atom. The van der Waals surface area contributed by atoms with Gasteiger partial charge >= 0.3 is 0 Å². The van der Waals surface area contributed by atoms with E-state index in [4.69, 9.17) is 4.98 Å². The summed E-state index contributed by atoms with van der Waals surface area (Å²) in [4.78, 5) is 9.54. The van der Waals surface area contributed by atoms with Crippen molar-refractivity contribution < 1.29 is 0 Å². The number of rotatable bonds is 3. The van der Waals surface area contributed by atoms with Gasteiger partial charge in [0.2, 0.25) is 0 Å². The van der Waals surface area contributed by atoms with Crippen molar-refractivity contribution in [2.24, 2.45) is 5.92 Å². The number of hydrogen-bond acceptors (Lipinski definition) is 4. The third-order valence-corrected chi connectivity index (χ3v) is 5.83. The molecular formula is C16H22N4S. The molecule has 2 unspecified atom stereocenters. The Morgan fingerprint density at radius 3 is 3.19 bits per heavy atom. The van der Waals surface area contributed by atoms with E-state index in [1.807, 2.05) is 12.3 Å². The van der Waals surface area contributed by atoms with Crippen molar-refractivity contribution >= 4 is 22.9 Å². The lowest BCUT2D eigenvalue weighted by Gasteiger charge is -2.24. The van der Waals surface area contributed by atoms with Crippen LogP contribution in [0.4, 0.5) is 0 Å². The normalized spacial score (nSPS) is 26.5. The molecule has 4 heterocycles. The fourth-order valence-corrected chi connectivity index (χ4v) is 4.76. The SMILES string of the molecule is c1cnc2c(c1)nc(C1CCSC1)n2CC1CCCNC1. The van der Waals surface area contributed by atoms with Gasteiger partial charge in [0, 0.05) is 24.4 Å². The van der Waals surface area contributed by atoms with Crippen LogP contribution in [0.15, 0.2) is 18.3 Å². The van der Waals surface area contributed by atoms with Crippen LogP contribution in [0.25, 0.3) is 11.2 Å². The summed E-state index contributed by atoms with van der Waals surface area (Å²) in [6, 6.07) is 4.10. The average Bonchev–Trinajstić information content (AvgIpc) is 3.16. The van der Waals surface area contributed by atoms with E-state index >= 15 is 0 Å². The monoisotopic (exact) mass is 302 g/mol. The Hall–Kier alpha value is -1.07. The first-order valence-electron chi connectivity index (χ1n) is 8.01. The zero-order valence-corrected chi connectivity index (χ0v) is 13.1. The molecule has 0 amide bonds. The summed E-state index contributed by atoms with van der Waals surface area (Å²) in [6.07, 6.45) is 5.77. The van der Waals surface area contributed by atoms with Crippen molar-refractivity contribution in [2.45, 2.75) is 31.7 Å². The van der Waals surface area contributed by atoms with Crippen LogP contribution < -0.4 is 5.32 Å². The Balaban J connectivity index is 1.70. The molecule has 4 nitrogen and oxygen atoms in total. The highest BCUT2D eigenvalue weighted by Crippen LogP contribution is 2.33. The third-order valence-electron chi connectivity index (χ3n) is 4.67. The van der Waals surface area contributed by atoms with E-state index in [0.717, 1.165) is 24.3 Å². The molecule has 0 aromatic carbocycles. The van der Waals surface area contributed by atoms with E-state index in [2.05, 4.69) is 32.7 Å². The van der Waals surface area contributed by atoms with Gasteiger partial charge in [-0.15, -0.1) is 0 Å². The van der Waals surface area contributed by atoms with Crippen LogP contribution in [0.5, 0.6) is 0 Å². The van der Waals surface area contributed by atoms with Gasteiger partial charge in [0.1, 0.15) is 11.3 Å². The fraction of sp³-hybridized carbons (Fsp3) is 0.625. The predicted octanol–water partition coefficient (Wildman–Crippen LogP) is 2.65. The van der Waals surface area contributed by atoms with Gasteiger partial charge < -0.3 is 9.88 Å². The van der Waals surface area contributed by atoms with Crippen LogP contribution in [0.2, 0.25) is 0 Å². The van der Waals surface area contributed by atoms with Gasteiger partial charge in [-0.05, 0) is 56.2 Å². The van der Waals surface area contributed by atoms with Crippen LogP contribution in [-0.4, -0.2) is 39.1 Å². The molecule has 0 radical (unpaired) electrons. The summed E-state index contributed by atoms with van der Waals surface area (Å²) in [5.41, 5.74) is 2.14. The van der Waals surface area contributed by atoms with Crippen molar-refractivity contribution in [3.05, 3.63) is 24.2 Å². The minimum Gasteiger partial charge on any atom is -0.316 e. The number of pyridine rings is 1. The number of piperidine rings is 1. The van der Waals surface area contributed by atoms with Gasteiger partial charge in [-0.3, -0.25) is 0 Å². The molecule has 0 bridgehead atoms. The first kappa shape index (κ1) is 13.6. The molecular weight excluding hydrogens is 280 g/mol. The largest absolute Gasteiger partial charge is 0.316 e. The van der Waals surface area contributed by atoms with Crippen molar-refractivity contribution in [1.82, 2.24) is 19.9 Å². The maximum Gasteiger partial charge on any atom is 0.160 e. The molecule has 2 aromatic heterocycles. The highest BCUT2D eigenvalue weighted by molar-refractivity contribution is 7.99. The van der Waals surface area contributed by atoms with Crippen LogP contribution in [0.1, 0.15) is 31.0 Å². The topological polar surface area (TPSA) is 42.7 Å². The lowest BCUT2D eigenvalue weighted by molar-refractivity contribution is 0.334. The molecule has 0 aliphatic carbocycles. The summed E-state index contributed by atoms with van der Waals surface area (Å²) in [5.74, 6) is 5.09. The number of nitrogens with one attached hydrogen (secondary N) is 1.